The van der Waals surface area contributed by atoms with E-state index in [1.165, 1.54) is 11.1 Å². The van der Waals surface area contributed by atoms with Crippen LogP contribution in [-0.4, -0.2) is 23.6 Å². The Labute approximate surface area is 246 Å². The molecule has 1 N–H and O–H groups in total. The van der Waals surface area contributed by atoms with E-state index < -0.39 is 5.72 Å². The molecule has 1 fully saturated rings. The number of nitrogens with one attached hydrogen (secondary N) is 1. The molecule has 2 heterocycles. The quantitative estimate of drug-likeness (QED) is 0.291. The van der Waals surface area contributed by atoms with Gasteiger partial charge < -0.3 is 14.8 Å². The molecule has 0 spiro atoms. The van der Waals surface area contributed by atoms with Crippen LogP contribution in [0.3, 0.4) is 0 Å². The molecule has 3 unspecified atom stereocenters. The van der Waals surface area contributed by atoms with Crippen LogP contribution >= 0.6 is 0 Å². The fourth-order valence-corrected chi connectivity index (χ4v) is 6.82. The van der Waals surface area contributed by atoms with Crippen LogP contribution in [0, 0.1) is 0 Å². The average molecular weight is 559 g/mol. The number of amides is 2. The van der Waals surface area contributed by atoms with Crippen molar-refractivity contribution in [1.82, 2.24) is 5.32 Å². The number of hydrogen-bond acceptors (Lipinski definition) is 4. The van der Waals surface area contributed by atoms with Gasteiger partial charge in [0.2, 0.25) is 5.91 Å². The molecule has 7 rings (SSSR count). The van der Waals surface area contributed by atoms with Gasteiger partial charge in [-0.2, -0.15) is 0 Å². The molecule has 0 aromatic heterocycles. The van der Waals surface area contributed by atoms with Gasteiger partial charge in [0.1, 0.15) is 6.61 Å². The molecule has 1 saturated heterocycles. The summed E-state index contributed by atoms with van der Waals surface area (Å²) in [5.74, 6) is 1.25. The van der Waals surface area contributed by atoms with Crippen LogP contribution in [0.2, 0.25) is 0 Å². The lowest BCUT2D eigenvalue weighted by molar-refractivity contribution is -0.127. The Hall–Kier alpha value is -4.58. The number of hydrogen-bond donors (Lipinski definition) is 1. The lowest BCUT2D eigenvalue weighted by Gasteiger charge is -2.50. The number of ether oxygens (including phenoxy) is 2. The van der Waals surface area contributed by atoms with Gasteiger partial charge in [-0.3, -0.25) is 14.5 Å². The number of para-hydroxylation sites is 1. The summed E-state index contributed by atoms with van der Waals surface area (Å²) in [6.07, 6.45) is 3.72. The van der Waals surface area contributed by atoms with E-state index in [4.69, 9.17) is 9.47 Å². The van der Waals surface area contributed by atoms with E-state index in [-0.39, 0.29) is 23.8 Å². The standard InChI is InChI=1S/C36H34N2O4/c1-36-22-28(31-15-8-16-32(34(31)42-36)41-23-24-9-3-2-4-10-24)21-33(39)38(36)30-14-7-13-27(20-30)35(40)37-29-18-17-25-11-5-6-12-26(25)19-29/h2-16,20,28-29H,17-19,21-23H2,1H3,(H,37,40). The van der Waals surface area contributed by atoms with Crippen molar-refractivity contribution in [2.75, 3.05) is 4.90 Å². The van der Waals surface area contributed by atoms with Crippen LogP contribution in [0.25, 0.3) is 0 Å². The molecule has 4 aromatic rings. The summed E-state index contributed by atoms with van der Waals surface area (Å²) in [4.78, 5) is 28.7. The second-order valence-electron chi connectivity index (χ2n) is 11.8. The average Bonchev–Trinajstić information content (AvgIpc) is 3.00. The van der Waals surface area contributed by atoms with Crippen molar-refractivity contribution in [2.45, 2.75) is 63.3 Å². The fourth-order valence-electron chi connectivity index (χ4n) is 6.82. The first-order valence-electron chi connectivity index (χ1n) is 14.8. The zero-order valence-corrected chi connectivity index (χ0v) is 23.7. The third kappa shape index (κ3) is 4.91. The minimum absolute atomic E-state index is 0.0172. The molecule has 6 heteroatoms. The van der Waals surface area contributed by atoms with Crippen molar-refractivity contribution in [3.63, 3.8) is 0 Å². The highest BCUT2D eigenvalue weighted by molar-refractivity contribution is 6.00. The normalized spacial score (nSPS) is 22.4. The van der Waals surface area contributed by atoms with E-state index in [0.29, 0.717) is 42.2 Å². The summed E-state index contributed by atoms with van der Waals surface area (Å²) >= 11 is 0. The summed E-state index contributed by atoms with van der Waals surface area (Å²) in [5.41, 5.74) is 5.02. The van der Waals surface area contributed by atoms with Gasteiger partial charge in [-0.1, -0.05) is 72.8 Å². The number of aryl methyl sites for hydroxylation is 1. The van der Waals surface area contributed by atoms with E-state index in [0.717, 1.165) is 30.4 Å². The molecule has 1 aliphatic carbocycles. The van der Waals surface area contributed by atoms with Crippen LogP contribution in [0.5, 0.6) is 11.5 Å². The van der Waals surface area contributed by atoms with Gasteiger partial charge in [0, 0.05) is 41.6 Å². The summed E-state index contributed by atoms with van der Waals surface area (Å²) in [6, 6.07) is 31.8. The molecule has 42 heavy (non-hydrogen) atoms. The molecule has 212 valence electrons. The van der Waals surface area contributed by atoms with E-state index >= 15 is 0 Å². The van der Waals surface area contributed by atoms with Gasteiger partial charge >= 0.3 is 0 Å². The summed E-state index contributed by atoms with van der Waals surface area (Å²) in [5, 5.41) is 3.23. The second kappa shape index (κ2) is 10.7. The van der Waals surface area contributed by atoms with Gasteiger partial charge in [-0.15, -0.1) is 0 Å². The predicted octanol–water partition coefficient (Wildman–Crippen LogP) is 6.57. The van der Waals surface area contributed by atoms with Gasteiger partial charge in [-0.05, 0) is 67.1 Å². The first-order valence-corrected chi connectivity index (χ1v) is 14.8. The molecule has 0 radical (unpaired) electrons. The van der Waals surface area contributed by atoms with Crippen molar-refractivity contribution >= 4 is 17.5 Å². The number of nitrogens with zero attached hydrogens (tertiary/aromatic N) is 1. The fraction of sp³-hybridized carbons (Fsp3) is 0.278. The Morgan fingerprint density at radius 1 is 0.952 bits per heavy atom. The SMILES string of the molecule is CC12CC(CC(=O)N1c1cccc(C(=O)NC3CCc4ccccc4C3)c1)c1cccc(OCc3ccccc3)c1O2. The molecular weight excluding hydrogens is 524 g/mol. The van der Waals surface area contributed by atoms with Crippen molar-refractivity contribution in [3.8, 4) is 11.5 Å². The van der Waals surface area contributed by atoms with Crippen molar-refractivity contribution in [2.24, 2.45) is 0 Å². The smallest absolute Gasteiger partial charge is 0.251 e. The Morgan fingerprint density at radius 2 is 1.74 bits per heavy atom. The van der Waals surface area contributed by atoms with Gasteiger partial charge in [0.25, 0.3) is 5.91 Å². The van der Waals surface area contributed by atoms with Crippen molar-refractivity contribution in [3.05, 3.63) is 125 Å². The number of carbonyl (C=O) groups excluding carboxylic acids is 2. The van der Waals surface area contributed by atoms with E-state index in [1.54, 1.807) is 4.90 Å². The Morgan fingerprint density at radius 3 is 2.60 bits per heavy atom. The minimum atomic E-state index is -0.915. The summed E-state index contributed by atoms with van der Waals surface area (Å²) < 4.78 is 12.9. The molecule has 6 nitrogen and oxygen atoms in total. The number of piperidine rings is 1. The highest BCUT2D eigenvalue weighted by Gasteiger charge is 2.50. The van der Waals surface area contributed by atoms with Gasteiger partial charge in [0.05, 0.1) is 0 Å². The van der Waals surface area contributed by atoms with Crippen LogP contribution in [0.1, 0.15) is 64.7 Å². The van der Waals surface area contributed by atoms with Gasteiger partial charge in [-0.25, -0.2) is 0 Å². The predicted molar refractivity (Wildman–Crippen MR) is 162 cm³/mol. The monoisotopic (exact) mass is 558 g/mol. The zero-order valence-electron chi connectivity index (χ0n) is 23.7. The maximum absolute atomic E-state index is 13.6. The lowest BCUT2D eigenvalue weighted by atomic mass is 9.80. The molecular formula is C36H34N2O4. The van der Waals surface area contributed by atoms with Crippen molar-refractivity contribution < 1.29 is 19.1 Å². The maximum Gasteiger partial charge on any atom is 0.251 e. The van der Waals surface area contributed by atoms with E-state index in [2.05, 4.69) is 29.6 Å². The van der Waals surface area contributed by atoms with Crippen LogP contribution in [-0.2, 0) is 24.2 Å². The third-order valence-corrected chi connectivity index (χ3v) is 8.83. The molecule has 3 aliphatic rings. The highest BCUT2D eigenvalue weighted by Crippen LogP contribution is 2.52. The molecule has 2 amide bonds. The van der Waals surface area contributed by atoms with Crippen LogP contribution < -0.4 is 19.7 Å². The van der Waals surface area contributed by atoms with E-state index in [1.807, 2.05) is 79.7 Å². The number of fused-ring (bicyclic) bond motifs is 5. The van der Waals surface area contributed by atoms with Gasteiger partial charge in [0.15, 0.2) is 17.2 Å². The van der Waals surface area contributed by atoms with Crippen LogP contribution in [0.4, 0.5) is 5.69 Å². The minimum Gasteiger partial charge on any atom is -0.485 e. The number of benzene rings is 4. The molecule has 2 aliphatic heterocycles. The molecule has 0 saturated carbocycles. The van der Waals surface area contributed by atoms with E-state index in [9.17, 15) is 9.59 Å². The van der Waals surface area contributed by atoms with Crippen molar-refractivity contribution in [1.29, 1.82) is 0 Å². The topological polar surface area (TPSA) is 67.9 Å². The third-order valence-electron chi connectivity index (χ3n) is 8.83. The number of rotatable bonds is 6. The second-order valence-corrected chi connectivity index (χ2v) is 11.8. The van der Waals surface area contributed by atoms with Crippen LogP contribution in [0.15, 0.2) is 97.1 Å². The number of carbonyl (C=O) groups is 2. The Kier molecular flexibility index (Phi) is 6.69. The Balaban J connectivity index is 1.12. The first kappa shape index (κ1) is 26.3. The first-order chi connectivity index (χ1) is 20.5. The zero-order chi connectivity index (χ0) is 28.7. The lowest BCUT2D eigenvalue weighted by Crippen LogP contribution is -2.60. The Bertz CT molecular complexity index is 1650. The number of anilines is 1. The molecule has 3 atom stereocenters. The molecule has 2 bridgehead atoms. The maximum atomic E-state index is 13.6. The largest absolute Gasteiger partial charge is 0.485 e. The summed E-state index contributed by atoms with van der Waals surface area (Å²) in [7, 11) is 0. The highest BCUT2D eigenvalue weighted by atomic mass is 16.5. The summed E-state index contributed by atoms with van der Waals surface area (Å²) in [6.45, 7) is 2.38. The molecule has 4 aromatic carbocycles.